The molecule has 0 unspecified atom stereocenters. The maximum Gasteiger partial charge on any atom is 0.218 e. The Balaban J connectivity index is 2.12. The summed E-state index contributed by atoms with van der Waals surface area (Å²) in [6.07, 6.45) is 17.5. The summed E-state index contributed by atoms with van der Waals surface area (Å²) in [4.78, 5) is 2.45. The van der Waals surface area contributed by atoms with Crippen LogP contribution in [-0.2, 0) is 0 Å². The highest BCUT2D eigenvalue weighted by Gasteiger charge is 2.11. The van der Waals surface area contributed by atoms with Crippen molar-refractivity contribution in [3.05, 3.63) is 12.3 Å². The van der Waals surface area contributed by atoms with Crippen molar-refractivity contribution < 1.29 is 4.58 Å². The highest BCUT2D eigenvalue weighted by Crippen LogP contribution is 2.05. The molecule has 0 saturated carbocycles. The largest absolute Gasteiger partial charge is 0.323 e. The molecule has 0 N–H and O–H groups in total. The molecule has 104 valence electrons. The van der Waals surface area contributed by atoms with Crippen molar-refractivity contribution in [2.24, 2.45) is 0 Å². The van der Waals surface area contributed by atoms with Crippen LogP contribution in [0.2, 0.25) is 0 Å². The molecule has 2 nitrogen and oxygen atoms in total. The third-order valence-corrected chi connectivity index (χ3v) is 3.55. The third kappa shape index (κ3) is 6.83. The molecule has 1 aliphatic rings. The van der Waals surface area contributed by atoms with Crippen molar-refractivity contribution >= 4 is 6.21 Å². The van der Waals surface area contributed by atoms with Crippen LogP contribution in [0, 0.1) is 0 Å². The van der Waals surface area contributed by atoms with Crippen LogP contribution in [0.25, 0.3) is 0 Å². The molecule has 0 bridgehead atoms. The number of hydrogen-bond donors (Lipinski definition) is 0. The van der Waals surface area contributed by atoms with E-state index in [2.05, 4.69) is 41.8 Å². The molecule has 1 rings (SSSR count). The van der Waals surface area contributed by atoms with E-state index in [0.717, 1.165) is 6.67 Å². The van der Waals surface area contributed by atoms with Crippen molar-refractivity contribution in [2.75, 3.05) is 19.8 Å². The Morgan fingerprint density at radius 3 is 2.39 bits per heavy atom. The molecular formula is C16H31N2+. The van der Waals surface area contributed by atoms with E-state index >= 15 is 0 Å². The Morgan fingerprint density at radius 1 is 0.944 bits per heavy atom. The highest BCUT2D eigenvalue weighted by molar-refractivity contribution is 5.66. The molecule has 0 radical (unpaired) electrons. The number of allylic oxidation sites excluding steroid dienone is 1. The predicted octanol–water partition coefficient (Wildman–Crippen LogP) is 4.02. The molecule has 0 fully saturated rings. The summed E-state index contributed by atoms with van der Waals surface area (Å²) in [6, 6.07) is 0. The quantitative estimate of drug-likeness (QED) is 0.420. The van der Waals surface area contributed by atoms with E-state index < -0.39 is 0 Å². The summed E-state index contributed by atoms with van der Waals surface area (Å²) in [5.41, 5.74) is 0. The Kier molecular flexibility index (Phi) is 8.62. The van der Waals surface area contributed by atoms with Gasteiger partial charge in [-0.2, -0.15) is 0 Å². The van der Waals surface area contributed by atoms with E-state index in [4.69, 9.17) is 0 Å². The topological polar surface area (TPSA) is 6.25 Å². The standard InChI is InChI=1S/C16H31N2/c1-3-5-7-9-12-17-14-11-15-18(16-17)13-10-8-6-4-2/h11,14-15H,3-10,12-13,16H2,1-2H3/q+1. The van der Waals surface area contributed by atoms with Gasteiger partial charge < -0.3 is 4.90 Å². The zero-order chi connectivity index (χ0) is 13.1. The van der Waals surface area contributed by atoms with Crippen LogP contribution in [0.3, 0.4) is 0 Å². The van der Waals surface area contributed by atoms with E-state index in [1.807, 2.05) is 0 Å². The average molecular weight is 251 g/mol. The molecule has 0 spiro atoms. The number of nitrogens with zero attached hydrogens (tertiary/aromatic N) is 2. The zero-order valence-electron chi connectivity index (χ0n) is 12.4. The van der Waals surface area contributed by atoms with Crippen LogP contribution < -0.4 is 0 Å². The molecule has 0 aromatic rings. The summed E-state index contributed by atoms with van der Waals surface area (Å²) in [7, 11) is 0. The van der Waals surface area contributed by atoms with Gasteiger partial charge in [-0.3, -0.25) is 0 Å². The molecule has 0 aromatic carbocycles. The van der Waals surface area contributed by atoms with Gasteiger partial charge in [0.15, 0.2) is 6.21 Å². The molecule has 2 heteroatoms. The van der Waals surface area contributed by atoms with Crippen molar-refractivity contribution in [3.63, 3.8) is 0 Å². The minimum Gasteiger partial charge on any atom is -0.323 e. The van der Waals surface area contributed by atoms with Gasteiger partial charge in [0.25, 0.3) is 0 Å². The third-order valence-electron chi connectivity index (χ3n) is 3.55. The molecule has 0 amide bonds. The van der Waals surface area contributed by atoms with Crippen molar-refractivity contribution in [1.29, 1.82) is 0 Å². The lowest BCUT2D eigenvalue weighted by Crippen LogP contribution is -2.33. The monoisotopic (exact) mass is 251 g/mol. The van der Waals surface area contributed by atoms with E-state index in [0.29, 0.717) is 0 Å². The Labute approximate surface area is 113 Å². The highest BCUT2D eigenvalue weighted by atomic mass is 15.3. The van der Waals surface area contributed by atoms with Crippen LogP contribution >= 0.6 is 0 Å². The van der Waals surface area contributed by atoms with Gasteiger partial charge in [-0.05, 0) is 12.8 Å². The SMILES string of the molecule is CCCCCCN1C=CC=[N+](CCCCCC)C1. The normalized spacial score (nSPS) is 15.0. The fraction of sp³-hybridized carbons (Fsp3) is 0.812. The zero-order valence-corrected chi connectivity index (χ0v) is 12.4. The molecule has 1 heterocycles. The summed E-state index contributed by atoms with van der Waals surface area (Å²) >= 11 is 0. The lowest BCUT2D eigenvalue weighted by atomic mass is 10.2. The maximum absolute atomic E-state index is 2.45. The number of hydrogen-bond acceptors (Lipinski definition) is 1. The van der Waals surface area contributed by atoms with Gasteiger partial charge in [-0.15, -0.1) is 0 Å². The van der Waals surface area contributed by atoms with E-state index in [1.165, 1.54) is 64.5 Å². The summed E-state index contributed by atoms with van der Waals surface area (Å²) in [5.74, 6) is 0. The smallest absolute Gasteiger partial charge is 0.218 e. The lowest BCUT2D eigenvalue weighted by Gasteiger charge is -2.20. The first-order valence-electron chi connectivity index (χ1n) is 7.86. The first-order valence-corrected chi connectivity index (χ1v) is 7.86. The van der Waals surface area contributed by atoms with Crippen molar-refractivity contribution in [3.8, 4) is 0 Å². The second-order valence-electron chi connectivity index (χ2n) is 5.38. The van der Waals surface area contributed by atoms with E-state index in [9.17, 15) is 0 Å². The molecule has 0 aromatic heterocycles. The molecule has 0 saturated heterocycles. The molecular weight excluding hydrogens is 220 g/mol. The second kappa shape index (κ2) is 10.2. The van der Waals surface area contributed by atoms with Crippen LogP contribution in [0.5, 0.6) is 0 Å². The van der Waals surface area contributed by atoms with Crippen LogP contribution in [-0.4, -0.2) is 35.4 Å². The fourth-order valence-corrected chi connectivity index (χ4v) is 2.38. The van der Waals surface area contributed by atoms with Gasteiger partial charge in [-0.1, -0.05) is 46.0 Å². The molecule has 18 heavy (non-hydrogen) atoms. The molecule has 0 atom stereocenters. The van der Waals surface area contributed by atoms with Crippen LogP contribution in [0.15, 0.2) is 12.3 Å². The summed E-state index contributed by atoms with van der Waals surface area (Å²) in [5, 5.41) is 0. The van der Waals surface area contributed by atoms with E-state index in [-0.39, 0.29) is 0 Å². The van der Waals surface area contributed by atoms with Gasteiger partial charge in [0, 0.05) is 25.2 Å². The first kappa shape index (κ1) is 15.3. The Morgan fingerprint density at radius 2 is 1.67 bits per heavy atom. The van der Waals surface area contributed by atoms with Crippen molar-refractivity contribution in [1.82, 2.24) is 4.90 Å². The van der Waals surface area contributed by atoms with Gasteiger partial charge >= 0.3 is 0 Å². The molecule has 0 aliphatic carbocycles. The Hall–Kier alpha value is -0.790. The first-order chi connectivity index (χ1) is 8.86. The molecule has 1 aliphatic heterocycles. The average Bonchev–Trinajstić information content (AvgIpc) is 2.40. The number of rotatable bonds is 10. The van der Waals surface area contributed by atoms with Gasteiger partial charge in [0.1, 0.15) is 6.54 Å². The number of unbranched alkanes of at least 4 members (excludes halogenated alkanes) is 6. The van der Waals surface area contributed by atoms with Gasteiger partial charge in [-0.25, -0.2) is 4.58 Å². The Bertz CT molecular complexity index is 256. The van der Waals surface area contributed by atoms with E-state index in [1.54, 1.807) is 0 Å². The van der Waals surface area contributed by atoms with Gasteiger partial charge in [0.2, 0.25) is 6.67 Å². The lowest BCUT2D eigenvalue weighted by molar-refractivity contribution is -0.543. The minimum atomic E-state index is 1.09. The summed E-state index contributed by atoms with van der Waals surface area (Å²) in [6.45, 7) is 8.07. The maximum atomic E-state index is 2.45. The van der Waals surface area contributed by atoms with Crippen molar-refractivity contribution in [2.45, 2.75) is 65.2 Å². The summed E-state index contributed by atoms with van der Waals surface area (Å²) < 4.78 is 2.45. The van der Waals surface area contributed by atoms with Gasteiger partial charge in [0.05, 0.1) is 0 Å². The minimum absolute atomic E-state index is 1.09. The van der Waals surface area contributed by atoms with Crippen LogP contribution in [0.4, 0.5) is 0 Å². The fourth-order valence-electron chi connectivity index (χ4n) is 2.38. The predicted molar refractivity (Wildman–Crippen MR) is 80.2 cm³/mol. The second-order valence-corrected chi connectivity index (χ2v) is 5.38. The van der Waals surface area contributed by atoms with Crippen LogP contribution in [0.1, 0.15) is 65.2 Å².